The van der Waals surface area contributed by atoms with Gasteiger partial charge in [0.05, 0.1) is 19.3 Å². The van der Waals surface area contributed by atoms with Crippen LogP contribution in [0.4, 0.5) is 5.82 Å². The van der Waals surface area contributed by atoms with Crippen molar-refractivity contribution in [2.45, 2.75) is 13.0 Å². The molecule has 1 saturated heterocycles. The molecule has 110 valence electrons. The third-order valence-electron chi connectivity index (χ3n) is 4.01. The van der Waals surface area contributed by atoms with Crippen LogP contribution in [-0.4, -0.2) is 35.3 Å². The van der Waals surface area contributed by atoms with E-state index < -0.39 is 11.4 Å². The van der Waals surface area contributed by atoms with Crippen molar-refractivity contribution in [2.24, 2.45) is 5.41 Å². The molecular weight excluding hydrogens is 336 g/mol. The van der Waals surface area contributed by atoms with Crippen molar-refractivity contribution in [3.8, 4) is 0 Å². The summed E-state index contributed by atoms with van der Waals surface area (Å²) in [6.07, 6.45) is 1.71. The van der Waals surface area contributed by atoms with Gasteiger partial charge < -0.3 is 15.2 Å². The number of aliphatic carboxylic acids is 1. The lowest BCUT2D eigenvalue weighted by molar-refractivity contribution is -0.148. The van der Waals surface area contributed by atoms with Crippen LogP contribution in [0.2, 0.25) is 0 Å². The number of ether oxygens (including phenoxy) is 1. The Balaban J connectivity index is 1.99. The van der Waals surface area contributed by atoms with Crippen LogP contribution in [0.5, 0.6) is 0 Å². The van der Waals surface area contributed by atoms with Gasteiger partial charge >= 0.3 is 5.97 Å². The topological polar surface area (TPSA) is 71.5 Å². The van der Waals surface area contributed by atoms with Crippen molar-refractivity contribution in [1.29, 1.82) is 0 Å². The number of pyridine rings is 1. The third kappa shape index (κ3) is 2.38. The summed E-state index contributed by atoms with van der Waals surface area (Å²) in [6, 6.07) is 7.47. The van der Waals surface area contributed by atoms with Crippen LogP contribution in [0.1, 0.15) is 6.92 Å². The molecule has 6 heteroatoms. The molecule has 1 aliphatic rings. The number of hydrogen-bond donors (Lipinski definition) is 2. The normalized spacial score (nSPS) is 25.1. The van der Waals surface area contributed by atoms with Gasteiger partial charge in [-0.05, 0) is 19.1 Å². The van der Waals surface area contributed by atoms with Crippen molar-refractivity contribution in [1.82, 2.24) is 4.98 Å². The predicted octanol–water partition coefficient (Wildman–Crippen LogP) is 2.90. The van der Waals surface area contributed by atoms with Gasteiger partial charge in [0.2, 0.25) is 0 Å². The lowest BCUT2D eigenvalue weighted by atomic mass is 9.85. The molecule has 0 aliphatic carbocycles. The fraction of sp³-hybridized carbons (Fsp3) is 0.333. The Morgan fingerprint density at radius 3 is 3.05 bits per heavy atom. The van der Waals surface area contributed by atoms with Gasteiger partial charge in [-0.25, -0.2) is 4.98 Å². The minimum atomic E-state index is -0.949. The number of fused-ring (bicyclic) bond motifs is 1. The Kier molecular flexibility index (Phi) is 3.59. The predicted molar refractivity (Wildman–Crippen MR) is 83.4 cm³/mol. The number of hydrogen-bond acceptors (Lipinski definition) is 4. The van der Waals surface area contributed by atoms with E-state index in [9.17, 15) is 9.90 Å². The Bertz CT molecular complexity index is 706. The maximum absolute atomic E-state index is 11.5. The zero-order valence-corrected chi connectivity index (χ0v) is 13.1. The fourth-order valence-electron chi connectivity index (χ4n) is 2.53. The van der Waals surface area contributed by atoms with E-state index in [1.54, 1.807) is 13.1 Å². The Morgan fingerprint density at radius 2 is 2.29 bits per heavy atom. The van der Waals surface area contributed by atoms with Crippen molar-refractivity contribution in [3.63, 3.8) is 0 Å². The molecule has 2 N–H and O–H groups in total. The van der Waals surface area contributed by atoms with Crippen LogP contribution in [0, 0.1) is 5.41 Å². The van der Waals surface area contributed by atoms with Crippen LogP contribution in [0.15, 0.2) is 34.9 Å². The summed E-state index contributed by atoms with van der Waals surface area (Å²) in [5.74, 6) is -0.185. The summed E-state index contributed by atoms with van der Waals surface area (Å²) in [6.45, 7) is 2.25. The zero-order chi connectivity index (χ0) is 15.0. The quantitative estimate of drug-likeness (QED) is 0.890. The summed E-state index contributed by atoms with van der Waals surface area (Å²) in [4.78, 5) is 15.8. The maximum atomic E-state index is 11.5. The number of carboxylic acids is 1. The molecule has 3 rings (SSSR count). The van der Waals surface area contributed by atoms with Gasteiger partial charge in [0, 0.05) is 21.4 Å². The van der Waals surface area contributed by atoms with Crippen LogP contribution in [-0.2, 0) is 9.53 Å². The molecule has 1 fully saturated rings. The average Bonchev–Trinajstić information content (AvgIpc) is 2.83. The SMILES string of the molecule is CC1(C(=O)O)COCC1Nc1nccc2c(Br)cccc12. The average molecular weight is 351 g/mol. The van der Waals surface area contributed by atoms with Crippen molar-refractivity contribution in [2.75, 3.05) is 18.5 Å². The summed E-state index contributed by atoms with van der Waals surface area (Å²) in [5, 5.41) is 14.7. The van der Waals surface area contributed by atoms with Gasteiger partial charge in [0.25, 0.3) is 0 Å². The van der Waals surface area contributed by atoms with E-state index in [1.807, 2.05) is 24.3 Å². The highest BCUT2D eigenvalue weighted by atomic mass is 79.9. The molecule has 1 aliphatic heterocycles. The Labute approximate surface area is 130 Å². The molecule has 0 radical (unpaired) electrons. The zero-order valence-electron chi connectivity index (χ0n) is 11.5. The highest BCUT2D eigenvalue weighted by molar-refractivity contribution is 9.10. The van der Waals surface area contributed by atoms with E-state index in [2.05, 4.69) is 26.2 Å². The summed E-state index contributed by atoms with van der Waals surface area (Å²) >= 11 is 3.52. The van der Waals surface area contributed by atoms with Gasteiger partial charge in [0.15, 0.2) is 0 Å². The monoisotopic (exact) mass is 350 g/mol. The second-order valence-corrected chi connectivity index (χ2v) is 6.28. The number of carbonyl (C=O) groups is 1. The van der Waals surface area contributed by atoms with E-state index >= 15 is 0 Å². The number of anilines is 1. The van der Waals surface area contributed by atoms with E-state index in [0.717, 1.165) is 15.2 Å². The lowest BCUT2D eigenvalue weighted by Gasteiger charge is -2.26. The van der Waals surface area contributed by atoms with Crippen molar-refractivity contribution >= 4 is 38.5 Å². The molecule has 1 aromatic heterocycles. The van der Waals surface area contributed by atoms with Gasteiger partial charge in [-0.2, -0.15) is 0 Å². The number of benzene rings is 1. The van der Waals surface area contributed by atoms with Gasteiger partial charge in [-0.3, -0.25) is 4.79 Å². The molecule has 2 atom stereocenters. The van der Waals surface area contributed by atoms with Crippen LogP contribution in [0.3, 0.4) is 0 Å². The third-order valence-corrected chi connectivity index (χ3v) is 4.70. The lowest BCUT2D eigenvalue weighted by Crippen LogP contribution is -2.43. The highest BCUT2D eigenvalue weighted by Gasteiger charge is 2.46. The fourth-order valence-corrected chi connectivity index (χ4v) is 3.03. The summed E-state index contributed by atoms with van der Waals surface area (Å²) < 4.78 is 6.34. The molecule has 1 aromatic carbocycles. The van der Waals surface area contributed by atoms with Crippen molar-refractivity contribution < 1.29 is 14.6 Å². The molecule has 21 heavy (non-hydrogen) atoms. The van der Waals surface area contributed by atoms with E-state index in [4.69, 9.17) is 4.74 Å². The van der Waals surface area contributed by atoms with Crippen molar-refractivity contribution in [3.05, 3.63) is 34.9 Å². The first kappa shape index (κ1) is 14.3. The minimum Gasteiger partial charge on any atom is -0.481 e. The Hall–Kier alpha value is -1.66. The van der Waals surface area contributed by atoms with E-state index in [0.29, 0.717) is 12.4 Å². The van der Waals surface area contributed by atoms with Gasteiger partial charge in [-0.15, -0.1) is 0 Å². The molecule has 0 amide bonds. The smallest absolute Gasteiger partial charge is 0.313 e. The van der Waals surface area contributed by atoms with E-state index in [1.165, 1.54) is 0 Å². The molecule has 0 bridgehead atoms. The second kappa shape index (κ2) is 5.27. The minimum absolute atomic E-state index is 0.203. The van der Waals surface area contributed by atoms with Crippen LogP contribution in [0.25, 0.3) is 10.8 Å². The molecule has 2 unspecified atom stereocenters. The second-order valence-electron chi connectivity index (χ2n) is 5.43. The number of aromatic nitrogens is 1. The highest BCUT2D eigenvalue weighted by Crippen LogP contribution is 2.33. The number of nitrogens with zero attached hydrogens (tertiary/aromatic N) is 1. The van der Waals surface area contributed by atoms with Crippen LogP contribution >= 0.6 is 15.9 Å². The van der Waals surface area contributed by atoms with Gasteiger partial charge in [0.1, 0.15) is 11.2 Å². The maximum Gasteiger partial charge on any atom is 0.313 e. The Morgan fingerprint density at radius 1 is 1.48 bits per heavy atom. The standard InChI is InChI=1S/C15H15BrN2O3/c1-15(14(19)20)8-21-7-12(15)18-13-10-3-2-4-11(16)9(10)5-6-17-13/h2-6,12H,7-8H2,1H3,(H,17,18)(H,19,20). The first-order valence-corrected chi connectivity index (χ1v) is 7.42. The summed E-state index contributed by atoms with van der Waals surface area (Å²) in [7, 11) is 0. The molecule has 0 spiro atoms. The molecule has 2 aromatic rings. The first-order valence-electron chi connectivity index (χ1n) is 6.63. The molecular formula is C15H15BrN2O3. The van der Waals surface area contributed by atoms with Gasteiger partial charge in [-0.1, -0.05) is 28.1 Å². The number of nitrogens with one attached hydrogen (secondary N) is 1. The molecule has 0 saturated carbocycles. The molecule has 2 heterocycles. The van der Waals surface area contributed by atoms with Crippen LogP contribution < -0.4 is 5.32 Å². The number of halogens is 1. The summed E-state index contributed by atoms with van der Waals surface area (Å²) in [5.41, 5.74) is -0.949. The number of carboxylic acid groups (broad SMARTS) is 1. The molecule has 5 nitrogen and oxygen atoms in total. The first-order chi connectivity index (χ1) is 10.0. The largest absolute Gasteiger partial charge is 0.481 e. The van der Waals surface area contributed by atoms with E-state index in [-0.39, 0.29) is 12.6 Å². The number of rotatable bonds is 3.